The fourth-order valence-electron chi connectivity index (χ4n) is 0.865. The Labute approximate surface area is 82.8 Å². The fourth-order valence-corrected chi connectivity index (χ4v) is 1.20. The van der Waals surface area contributed by atoms with Crippen LogP contribution in [0.3, 0.4) is 0 Å². The summed E-state index contributed by atoms with van der Waals surface area (Å²) < 4.78 is 0. The van der Waals surface area contributed by atoms with Crippen molar-refractivity contribution in [1.82, 2.24) is 0 Å². The van der Waals surface area contributed by atoms with Crippen molar-refractivity contribution >= 4 is 30.9 Å². The smallest absolute Gasteiger partial charge is 0.130 e. The van der Waals surface area contributed by atoms with E-state index in [9.17, 15) is 5.11 Å². The van der Waals surface area contributed by atoms with Crippen molar-refractivity contribution in [2.75, 3.05) is 17.6 Å². The highest BCUT2D eigenvalue weighted by Crippen LogP contribution is 2.28. The molecule has 0 bridgehead atoms. The number of aromatic hydroxyl groups is 1. The van der Waals surface area contributed by atoms with Gasteiger partial charge in [-0.1, -0.05) is 6.07 Å². The molecule has 0 aliphatic rings. The molecular weight excluding hydrogens is 190 g/mol. The van der Waals surface area contributed by atoms with Crippen LogP contribution >= 0.6 is 25.3 Å². The Bertz CT molecular complexity index is 265. The van der Waals surface area contributed by atoms with E-state index in [1.165, 1.54) is 0 Å². The quantitative estimate of drug-likeness (QED) is 0.564. The molecule has 0 saturated heterocycles. The summed E-state index contributed by atoms with van der Waals surface area (Å²) in [7, 11) is 0. The van der Waals surface area contributed by atoms with E-state index < -0.39 is 0 Å². The standard InChI is InChI=1S/C8H11NOS2/c10-7-3-1-2-6(8(7)12)9-4-5-11/h1-3,9-12H,4-5H2. The number of rotatable bonds is 3. The predicted octanol–water partition coefficient (Wildman–Crippen LogP) is 2.02. The molecule has 4 heteroatoms. The third-order valence-corrected chi connectivity index (χ3v) is 2.14. The van der Waals surface area contributed by atoms with Gasteiger partial charge in [0, 0.05) is 12.3 Å². The molecule has 2 N–H and O–H groups in total. The number of anilines is 1. The second-order valence-corrected chi connectivity index (χ2v) is 3.22. The van der Waals surface area contributed by atoms with Gasteiger partial charge < -0.3 is 10.4 Å². The van der Waals surface area contributed by atoms with Crippen molar-refractivity contribution in [2.24, 2.45) is 0 Å². The van der Waals surface area contributed by atoms with Crippen molar-refractivity contribution in [3.05, 3.63) is 18.2 Å². The van der Waals surface area contributed by atoms with Gasteiger partial charge in [-0.2, -0.15) is 12.6 Å². The van der Waals surface area contributed by atoms with E-state index in [2.05, 4.69) is 30.6 Å². The molecule has 1 rings (SSSR count). The lowest BCUT2D eigenvalue weighted by Gasteiger charge is -2.07. The summed E-state index contributed by atoms with van der Waals surface area (Å²) >= 11 is 8.21. The summed E-state index contributed by atoms with van der Waals surface area (Å²) in [6, 6.07) is 5.25. The number of thiol groups is 2. The number of nitrogens with one attached hydrogen (secondary N) is 1. The van der Waals surface area contributed by atoms with Crippen molar-refractivity contribution in [1.29, 1.82) is 0 Å². The summed E-state index contributed by atoms with van der Waals surface area (Å²) in [5, 5.41) is 12.4. The zero-order valence-electron chi connectivity index (χ0n) is 6.49. The maximum atomic E-state index is 9.26. The first-order valence-electron chi connectivity index (χ1n) is 3.61. The van der Waals surface area contributed by atoms with Gasteiger partial charge in [-0.15, -0.1) is 12.6 Å². The lowest BCUT2D eigenvalue weighted by molar-refractivity contribution is 0.463. The lowest BCUT2D eigenvalue weighted by atomic mass is 10.3. The largest absolute Gasteiger partial charge is 0.507 e. The number of hydrogen-bond donors (Lipinski definition) is 4. The second-order valence-electron chi connectivity index (χ2n) is 2.32. The molecule has 2 nitrogen and oxygen atoms in total. The summed E-state index contributed by atoms with van der Waals surface area (Å²) in [5.74, 6) is 0.950. The van der Waals surface area contributed by atoms with Gasteiger partial charge in [-0.3, -0.25) is 0 Å². The van der Waals surface area contributed by atoms with Crippen LogP contribution in [0.25, 0.3) is 0 Å². The molecule has 0 amide bonds. The summed E-state index contributed by atoms with van der Waals surface area (Å²) in [6.07, 6.45) is 0. The fraction of sp³-hybridized carbons (Fsp3) is 0.250. The SMILES string of the molecule is Oc1cccc(NCCS)c1S. The Kier molecular flexibility index (Phi) is 3.62. The lowest BCUT2D eigenvalue weighted by Crippen LogP contribution is -2.02. The number of benzene rings is 1. The van der Waals surface area contributed by atoms with Gasteiger partial charge in [0.05, 0.1) is 10.6 Å². The van der Waals surface area contributed by atoms with Gasteiger partial charge in [0.15, 0.2) is 0 Å². The van der Waals surface area contributed by atoms with E-state index in [4.69, 9.17) is 0 Å². The Morgan fingerprint density at radius 3 is 2.83 bits per heavy atom. The van der Waals surface area contributed by atoms with Crippen LogP contribution < -0.4 is 5.32 Å². The molecule has 0 atom stereocenters. The molecule has 0 spiro atoms. The minimum atomic E-state index is 0.197. The third-order valence-electron chi connectivity index (χ3n) is 1.44. The summed E-state index contributed by atoms with van der Waals surface area (Å²) in [5.41, 5.74) is 0.840. The normalized spacial score (nSPS) is 9.83. The highest BCUT2D eigenvalue weighted by atomic mass is 32.1. The molecule has 0 fully saturated rings. The van der Waals surface area contributed by atoms with E-state index in [0.717, 1.165) is 18.0 Å². The molecule has 1 aromatic rings. The molecule has 12 heavy (non-hydrogen) atoms. The molecule has 0 unspecified atom stereocenters. The Balaban J connectivity index is 2.78. The Morgan fingerprint density at radius 2 is 2.17 bits per heavy atom. The highest BCUT2D eigenvalue weighted by molar-refractivity contribution is 7.80. The Hall–Kier alpha value is -0.480. The van der Waals surface area contributed by atoms with Crippen molar-refractivity contribution in [3.63, 3.8) is 0 Å². The first kappa shape index (κ1) is 9.61. The number of phenolic OH excluding ortho intramolecular Hbond substituents is 1. The predicted molar refractivity (Wildman–Crippen MR) is 57.7 cm³/mol. The molecule has 0 heterocycles. The van der Waals surface area contributed by atoms with Crippen LogP contribution in [0.4, 0.5) is 5.69 Å². The van der Waals surface area contributed by atoms with Gasteiger partial charge in [0.2, 0.25) is 0 Å². The van der Waals surface area contributed by atoms with Gasteiger partial charge in [-0.05, 0) is 12.1 Å². The zero-order valence-corrected chi connectivity index (χ0v) is 8.28. The average Bonchev–Trinajstić information content (AvgIpc) is 2.08. The number of phenols is 1. The van der Waals surface area contributed by atoms with Crippen LogP contribution in [0, 0.1) is 0 Å². The summed E-state index contributed by atoms with van der Waals surface area (Å²) in [4.78, 5) is 0.583. The summed E-state index contributed by atoms with van der Waals surface area (Å²) in [6.45, 7) is 0.764. The van der Waals surface area contributed by atoms with Crippen LogP contribution in [0.2, 0.25) is 0 Å². The molecule has 0 radical (unpaired) electrons. The maximum Gasteiger partial charge on any atom is 0.130 e. The second kappa shape index (κ2) is 4.52. The highest BCUT2D eigenvalue weighted by Gasteiger charge is 2.01. The molecule has 0 aliphatic heterocycles. The minimum absolute atomic E-state index is 0.197. The molecule has 66 valence electrons. The van der Waals surface area contributed by atoms with Crippen molar-refractivity contribution in [2.45, 2.75) is 4.90 Å². The molecule has 0 aliphatic carbocycles. The topological polar surface area (TPSA) is 32.3 Å². The minimum Gasteiger partial charge on any atom is -0.507 e. The van der Waals surface area contributed by atoms with Crippen molar-refractivity contribution < 1.29 is 5.11 Å². The average molecular weight is 201 g/mol. The first-order valence-corrected chi connectivity index (χ1v) is 4.69. The van der Waals surface area contributed by atoms with E-state index >= 15 is 0 Å². The van der Waals surface area contributed by atoms with Crippen LogP contribution in [-0.4, -0.2) is 17.4 Å². The van der Waals surface area contributed by atoms with Gasteiger partial charge in [-0.25, -0.2) is 0 Å². The Morgan fingerprint density at radius 1 is 1.42 bits per heavy atom. The van der Waals surface area contributed by atoms with Gasteiger partial charge >= 0.3 is 0 Å². The monoisotopic (exact) mass is 201 g/mol. The van der Waals surface area contributed by atoms with Crippen LogP contribution in [0.5, 0.6) is 5.75 Å². The van der Waals surface area contributed by atoms with Crippen LogP contribution in [0.15, 0.2) is 23.1 Å². The molecule has 0 aromatic heterocycles. The molecule has 1 aromatic carbocycles. The molecule has 0 saturated carbocycles. The van der Waals surface area contributed by atoms with E-state index in [1.807, 2.05) is 6.07 Å². The van der Waals surface area contributed by atoms with Crippen molar-refractivity contribution in [3.8, 4) is 5.75 Å². The van der Waals surface area contributed by atoms with Crippen LogP contribution in [0.1, 0.15) is 0 Å². The third kappa shape index (κ3) is 2.25. The number of hydrogen-bond acceptors (Lipinski definition) is 4. The maximum absolute atomic E-state index is 9.26. The van der Waals surface area contributed by atoms with Gasteiger partial charge in [0.1, 0.15) is 5.75 Å². The van der Waals surface area contributed by atoms with Gasteiger partial charge in [0.25, 0.3) is 0 Å². The van der Waals surface area contributed by atoms with E-state index in [-0.39, 0.29) is 5.75 Å². The van der Waals surface area contributed by atoms with E-state index in [0.29, 0.717) is 4.90 Å². The first-order chi connectivity index (χ1) is 5.75. The van der Waals surface area contributed by atoms with Crippen LogP contribution in [-0.2, 0) is 0 Å². The zero-order chi connectivity index (χ0) is 8.97. The molecular formula is C8H11NOS2. The van der Waals surface area contributed by atoms with E-state index in [1.54, 1.807) is 12.1 Å².